The lowest BCUT2D eigenvalue weighted by atomic mass is 10.0. The summed E-state index contributed by atoms with van der Waals surface area (Å²) in [6.07, 6.45) is 3.92. The van der Waals surface area contributed by atoms with Gasteiger partial charge in [-0.05, 0) is 48.5 Å². The van der Waals surface area contributed by atoms with E-state index < -0.39 is 18.4 Å². The second kappa shape index (κ2) is 9.23. The molecule has 10 heteroatoms. The number of carbonyl (C=O) groups excluding carboxylic acids is 2. The highest BCUT2D eigenvalue weighted by Crippen LogP contribution is 2.42. The summed E-state index contributed by atoms with van der Waals surface area (Å²) in [5.74, 6) is 0.453. The van der Waals surface area contributed by atoms with Crippen LogP contribution in [0.5, 0.6) is 0 Å². The highest BCUT2D eigenvalue weighted by atomic mass is 19.4. The van der Waals surface area contributed by atoms with Crippen molar-refractivity contribution in [2.24, 2.45) is 0 Å². The SMILES string of the molecule is C=CC(=CC=COC(F)(F)F)C(CC)NC(=O)N1CC(=O)Nc2cc(C3CC3)cnc21. The molecule has 1 aliphatic heterocycles. The number of halogens is 3. The normalized spacial score (nSPS) is 17.7. The minimum Gasteiger partial charge on any atom is -0.414 e. The molecular weight excluding hydrogens is 413 g/mol. The van der Waals surface area contributed by atoms with Gasteiger partial charge in [0.1, 0.15) is 6.54 Å². The molecule has 1 aliphatic carbocycles. The number of nitrogens with one attached hydrogen (secondary N) is 2. The average Bonchev–Trinajstić information content (AvgIpc) is 3.56. The van der Waals surface area contributed by atoms with E-state index in [9.17, 15) is 22.8 Å². The predicted octanol–water partition coefficient (Wildman–Crippen LogP) is 4.37. The summed E-state index contributed by atoms with van der Waals surface area (Å²) in [6.45, 7) is 5.25. The van der Waals surface area contributed by atoms with Crippen LogP contribution in [0.1, 0.15) is 37.7 Å². The number of urea groups is 1. The number of aromatic nitrogens is 1. The maximum Gasteiger partial charge on any atom is 0.572 e. The lowest BCUT2D eigenvalue weighted by Crippen LogP contribution is -2.50. The topological polar surface area (TPSA) is 83.6 Å². The Morgan fingerprint density at radius 2 is 2.23 bits per heavy atom. The van der Waals surface area contributed by atoms with Crippen molar-refractivity contribution in [3.05, 3.63) is 54.5 Å². The number of ether oxygens (including phenoxy) is 1. The van der Waals surface area contributed by atoms with Crippen LogP contribution in [0.3, 0.4) is 0 Å². The molecule has 0 spiro atoms. The van der Waals surface area contributed by atoms with E-state index in [4.69, 9.17) is 0 Å². The number of nitrogens with zero attached hydrogens (tertiary/aromatic N) is 2. The molecule has 7 nitrogen and oxygen atoms in total. The van der Waals surface area contributed by atoms with Gasteiger partial charge in [0.25, 0.3) is 0 Å². The first-order valence-corrected chi connectivity index (χ1v) is 9.83. The van der Waals surface area contributed by atoms with Gasteiger partial charge < -0.3 is 15.4 Å². The summed E-state index contributed by atoms with van der Waals surface area (Å²) in [7, 11) is 0. The van der Waals surface area contributed by atoms with Gasteiger partial charge in [-0.2, -0.15) is 0 Å². The van der Waals surface area contributed by atoms with Crippen molar-refractivity contribution in [3.8, 4) is 0 Å². The number of pyridine rings is 1. The van der Waals surface area contributed by atoms with E-state index in [1.54, 1.807) is 13.1 Å². The molecule has 166 valence electrons. The Hall–Kier alpha value is -3.30. The van der Waals surface area contributed by atoms with E-state index in [0.29, 0.717) is 35.7 Å². The van der Waals surface area contributed by atoms with Gasteiger partial charge in [-0.1, -0.05) is 25.7 Å². The summed E-state index contributed by atoms with van der Waals surface area (Å²) < 4.78 is 39.8. The first-order valence-electron chi connectivity index (χ1n) is 9.83. The Labute approximate surface area is 177 Å². The van der Waals surface area contributed by atoms with Crippen LogP contribution in [0.2, 0.25) is 0 Å². The third-order valence-electron chi connectivity index (χ3n) is 4.93. The van der Waals surface area contributed by atoms with E-state index in [1.165, 1.54) is 17.1 Å². The summed E-state index contributed by atoms with van der Waals surface area (Å²) in [5, 5.41) is 5.54. The molecule has 1 atom stereocenters. The molecule has 1 unspecified atom stereocenters. The molecule has 2 aliphatic rings. The van der Waals surface area contributed by atoms with E-state index >= 15 is 0 Å². The second-order valence-corrected chi connectivity index (χ2v) is 7.22. The van der Waals surface area contributed by atoms with E-state index in [0.717, 1.165) is 24.5 Å². The van der Waals surface area contributed by atoms with Gasteiger partial charge in [0.05, 0.1) is 18.0 Å². The number of hydrogen-bond acceptors (Lipinski definition) is 4. The number of anilines is 2. The van der Waals surface area contributed by atoms with Crippen LogP contribution in [0, 0.1) is 0 Å². The monoisotopic (exact) mass is 436 g/mol. The quantitative estimate of drug-likeness (QED) is 0.491. The number of alkyl halides is 3. The van der Waals surface area contributed by atoms with Gasteiger partial charge in [0.2, 0.25) is 5.91 Å². The molecule has 3 rings (SSSR count). The van der Waals surface area contributed by atoms with Crippen LogP contribution >= 0.6 is 0 Å². The minimum absolute atomic E-state index is 0.197. The Bertz CT molecular complexity index is 923. The maximum atomic E-state index is 12.9. The van der Waals surface area contributed by atoms with Crippen LogP contribution in [0.4, 0.5) is 29.5 Å². The number of fused-ring (bicyclic) bond motifs is 1. The lowest BCUT2D eigenvalue weighted by Gasteiger charge is -2.30. The van der Waals surface area contributed by atoms with Crippen molar-refractivity contribution >= 4 is 23.4 Å². The fourth-order valence-electron chi connectivity index (χ4n) is 3.24. The zero-order chi connectivity index (χ0) is 22.6. The standard InChI is InChI=1S/C21H23F3N4O3/c1-3-13(6-5-9-31-21(22,23)24)16(4-2)27-20(30)28-12-18(29)26-17-10-15(14-7-8-14)11-25-19(17)28/h3,5-6,9-11,14,16H,1,4,7-8,12H2,2H3,(H,26,29)(H,27,30). The third-order valence-corrected chi connectivity index (χ3v) is 4.93. The van der Waals surface area contributed by atoms with Gasteiger partial charge in [-0.15, -0.1) is 13.2 Å². The van der Waals surface area contributed by atoms with Crippen molar-refractivity contribution in [1.29, 1.82) is 0 Å². The van der Waals surface area contributed by atoms with Crippen LogP contribution < -0.4 is 15.5 Å². The Kier molecular flexibility index (Phi) is 6.67. The zero-order valence-corrected chi connectivity index (χ0v) is 16.9. The molecule has 0 radical (unpaired) electrons. The average molecular weight is 436 g/mol. The molecule has 3 amide bonds. The molecule has 31 heavy (non-hydrogen) atoms. The molecule has 2 heterocycles. The molecule has 1 aromatic rings. The van der Waals surface area contributed by atoms with E-state index in [-0.39, 0.29) is 12.5 Å². The Balaban J connectivity index is 1.74. The highest BCUT2D eigenvalue weighted by Gasteiger charge is 2.32. The lowest BCUT2D eigenvalue weighted by molar-refractivity contribution is -0.298. The first kappa shape index (κ1) is 22.4. The van der Waals surface area contributed by atoms with Crippen LogP contribution in [-0.4, -0.2) is 35.9 Å². The minimum atomic E-state index is -4.77. The van der Waals surface area contributed by atoms with E-state index in [1.807, 2.05) is 6.07 Å². The molecule has 0 saturated heterocycles. The van der Waals surface area contributed by atoms with Crippen molar-refractivity contribution in [3.63, 3.8) is 0 Å². The van der Waals surface area contributed by atoms with Gasteiger partial charge in [-0.25, -0.2) is 9.78 Å². The first-order chi connectivity index (χ1) is 14.7. The summed E-state index contributed by atoms with van der Waals surface area (Å²) >= 11 is 0. The van der Waals surface area contributed by atoms with Crippen molar-refractivity contribution in [1.82, 2.24) is 10.3 Å². The Morgan fingerprint density at radius 1 is 1.48 bits per heavy atom. The van der Waals surface area contributed by atoms with Crippen molar-refractivity contribution < 1.29 is 27.5 Å². The number of amides is 3. The fraction of sp³-hybridized carbons (Fsp3) is 0.381. The number of allylic oxidation sites excluding steroid dienone is 2. The molecule has 0 bridgehead atoms. The van der Waals surface area contributed by atoms with Crippen molar-refractivity contribution in [2.75, 3.05) is 16.8 Å². The smallest absolute Gasteiger partial charge is 0.414 e. The third kappa shape index (κ3) is 5.87. The van der Waals surface area contributed by atoms with Crippen LogP contribution in [-0.2, 0) is 9.53 Å². The van der Waals surface area contributed by atoms with Gasteiger partial charge >= 0.3 is 12.4 Å². The maximum absolute atomic E-state index is 12.9. The molecule has 0 aromatic carbocycles. The van der Waals surface area contributed by atoms with Gasteiger partial charge in [-0.3, -0.25) is 9.69 Å². The summed E-state index contributed by atoms with van der Waals surface area (Å²) in [4.78, 5) is 30.7. The summed E-state index contributed by atoms with van der Waals surface area (Å²) in [5.41, 5.74) is 1.99. The van der Waals surface area contributed by atoms with Gasteiger partial charge in [0.15, 0.2) is 5.82 Å². The molecule has 1 aromatic heterocycles. The Morgan fingerprint density at radius 3 is 2.84 bits per heavy atom. The second-order valence-electron chi connectivity index (χ2n) is 7.22. The van der Waals surface area contributed by atoms with Crippen LogP contribution in [0.25, 0.3) is 0 Å². The molecule has 1 saturated carbocycles. The highest BCUT2D eigenvalue weighted by molar-refractivity contribution is 6.08. The number of rotatable bonds is 7. The molecular formula is C21H23F3N4O3. The van der Waals surface area contributed by atoms with Crippen molar-refractivity contribution in [2.45, 2.75) is 44.5 Å². The largest absolute Gasteiger partial charge is 0.572 e. The fourth-order valence-corrected chi connectivity index (χ4v) is 3.24. The number of carbonyl (C=O) groups is 2. The molecule has 1 fully saturated rings. The molecule has 2 N–H and O–H groups in total. The summed E-state index contributed by atoms with van der Waals surface area (Å²) in [6, 6.07) is 0.757. The number of hydrogen-bond donors (Lipinski definition) is 2. The predicted molar refractivity (Wildman–Crippen MR) is 109 cm³/mol. The van der Waals surface area contributed by atoms with Crippen LogP contribution in [0.15, 0.2) is 48.9 Å². The zero-order valence-electron chi connectivity index (χ0n) is 16.9. The van der Waals surface area contributed by atoms with Gasteiger partial charge in [0, 0.05) is 6.20 Å². The van der Waals surface area contributed by atoms with E-state index in [2.05, 4.69) is 26.9 Å².